The Kier molecular flexibility index (Phi) is 5.86. The Morgan fingerprint density at radius 1 is 1.17 bits per heavy atom. The van der Waals surface area contributed by atoms with E-state index in [-0.39, 0.29) is 18.0 Å². The van der Waals surface area contributed by atoms with Crippen LogP contribution >= 0.6 is 0 Å². The number of carbonyl (C=O) groups is 2. The number of ether oxygens (including phenoxy) is 2. The Morgan fingerprint density at radius 3 is 2.59 bits per heavy atom. The van der Waals surface area contributed by atoms with Gasteiger partial charge in [0.1, 0.15) is 6.10 Å². The number of hydrogen-bond donors (Lipinski definition) is 0. The molecule has 0 spiro atoms. The molecule has 9 heteroatoms. The molecular formula is C20H24N4O5. The Labute approximate surface area is 168 Å². The first-order valence-electron chi connectivity index (χ1n) is 9.78. The number of rotatable bonds is 5. The number of methoxy groups -OCH3 is 1. The molecule has 154 valence electrons. The van der Waals surface area contributed by atoms with Crippen molar-refractivity contribution in [3.8, 4) is 11.4 Å². The SMILES string of the molecule is COC(=O)c1ccc(-c2noc(CN3CCN(C(=O)[C@@H]4CCCO4)CC3)n2)cc1. The van der Waals surface area contributed by atoms with Crippen LogP contribution in [0.5, 0.6) is 0 Å². The van der Waals surface area contributed by atoms with Crippen molar-refractivity contribution in [3.05, 3.63) is 35.7 Å². The molecule has 0 N–H and O–H groups in total. The van der Waals surface area contributed by atoms with Gasteiger partial charge in [0.2, 0.25) is 11.7 Å². The molecule has 4 rings (SSSR count). The zero-order chi connectivity index (χ0) is 20.2. The molecule has 2 aliphatic heterocycles. The van der Waals surface area contributed by atoms with Crippen LogP contribution in [0.15, 0.2) is 28.8 Å². The quantitative estimate of drug-likeness (QED) is 0.694. The summed E-state index contributed by atoms with van der Waals surface area (Å²) in [4.78, 5) is 32.5. The summed E-state index contributed by atoms with van der Waals surface area (Å²) < 4.78 is 15.6. The van der Waals surface area contributed by atoms with Crippen LogP contribution in [0.2, 0.25) is 0 Å². The van der Waals surface area contributed by atoms with Gasteiger partial charge in [0.05, 0.1) is 19.2 Å². The van der Waals surface area contributed by atoms with Crippen LogP contribution in [0.25, 0.3) is 11.4 Å². The van der Waals surface area contributed by atoms with E-state index in [4.69, 9.17) is 14.0 Å². The second-order valence-corrected chi connectivity index (χ2v) is 7.18. The summed E-state index contributed by atoms with van der Waals surface area (Å²) >= 11 is 0. The van der Waals surface area contributed by atoms with E-state index in [0.717, 1.165) is 31.5 Å². The van der Waals surface area contributed by atoms with E-state index in [0.29, 0.717) is 43.5 Å². The van der Waals surface area contributed by atoms with Gasteiger partial charge < -0.3 is 18.9 Å². The molecule has 0 unspecified atom stereocenters. The maximum Gasteiger partial charge on any atom is 0.337 e. The third kappa shape index (κ3) is 4.46. The molecule has 3 heterocycles. The molecule has 1 aromatic heterocycles. The Morgan fingerprint density at radius 2 is 1.93 bits per heavy atom. The number of nitrogens with zero attached hydrogens (tertiary/aromatic N) is 4. The predicted molar refractivity (Wildman–Crippen MR) is 102 cm³/mol. The highest BCUT2D eigenvalue weighted by atomic mass is 16.5. The summed E-state index contributed by atoms with van der Waals surface area (Å²) in [6.45, 7) is 4.08. The molecule has 1 aromatic carbocycles. The fourth-order valence-corrected chi connectivity index (χ4v) is 3.60. The number of benzene rings is 1. The van der Waals surface area contributed by atoms with Gasteiger partial charge >= 0.3 is 5.97 Å². The Hall–Kier alpha value is -2.78. The van der Waals surface area contributed by atoms with Gasteiger partial charge in [0.15, 0.2) is 0 Å². The Balaban J connectivity index is 1.30. The maximum absolute atomic E-state index is 12.4. The zero-order valence-electron chi connectivity index (χ0n) is 16.4. The third-order valence-corrected chi connectivity index (χ3v) is 5.28. The molecule has 1 amide bonds. The second kappa shape index (κ2) is 8.71. The highest BCUT2D eigenvalue weighted by molar-refractivity contribution is 5.89. The van der Waals surface area contributed by atoms with E-state index in [1.807, 2.05) is 4.90 Å². The summed E-state index contributed by atoms with van der Waals surface area (Å²) in [5, 5.41) is 4.03. The second-order valence-electron chi connectivity index (χ2n) is 7.18. The predicted octanol–water partition coefficient (Wildman–Crippen LogP) is 1.35. The minimum Gasteiger partial charge on any atom is -0.465 e. The molecule has 0 bridgehead atoms. The minimum atomic E-state index is -0.387. The molecule has 1 atom stereocenters. The average Bonchev–Trinajstić information content (AvgIpc) is 3.46. The number of carbonyl (C=O) groups excluding carboxylic acids is 2. The van der Waals surface area contributed by atoms with Gasteiger partial charge in [-0.05, 0) is 25.0 Å². The highest BCUT2D eigenvalue weighted by Gasteiger charge is 2.30. The molecule has 2 aromatic rings. The maximum atomic E-state index is 12.4. The molecule has 0 saturated carbocycles. The van der Waals surface area contributed by atoms with E-state index >= 15 is 0 Å². The molecule has 2 fully saturated rings. The topological polar surface area (TPSA) is 98.0 Å². The lowest BCUT2D eigenvalue weighted by Gasteiger charge is -2.35. The largest absolute Gasteiger partial charge is 0.465 e. The number of amides is 1. The van der Waals surface area contributed by atoms with Crippen LogP contribution < -0.4 is 0 Å². The summed E-state index contributed by atoms with van der Waals surface area (Å²) in [5.41, 5.74) is 1.23. The van der Waals surface area contributed by atoms with Crippen molar-refractivity contribution in [1.29, 1.82) is 0 Å². The molecular weight excluding hydrogens is 376 g/mol. The molecule has 0 aliphatic carbocycles. The van der Waals surface area contributed by atoms with Crippen molar-refractivity contribution in [2.45, 2.75) is 25.5 Å². The van der Waals surface area contributed by atoms with Crippen LogP contribution in [0.4, 0.5) is 0 Å². The van der Waals surface area contributed by atoms with E-state index in [1.54, 1.807) is 24.3 Å². The summed E-state index contributed by atoms with van der Waals surface area (Å²) in [6, 6.07) is 6.86. The number of aromatic nitrogens is 2. The van der Waals surface area contributed by atoms with Gasteiger partial charge in [-0.2, -0.15) is 4.98 Å². The van der Waals surface area contributed by atoms with Gasteiger partial charge in [0.25, 0.3) is 5.91 Å². The number of hydrogen-bond acceptors (Lipinski definition) is 8. The van der Waals surface area contributed by atoms with Crippen molar-refractivity contribution in [3.63, 3.8) is 0 Å². The van der Waals surface area contributed by atoms with Crippen molar-refractivity contribution in [1.82, 2.24) is 19.9 Å². The van der Waals surface area contributed by atoms with E-state index in [9.17, 15) is 9.59 Å². The van der Waals surface area contributed by atoms with Crippen LogP contribution in [0.3, 0.4) is 0 Å². The van der Waals surface area contributed by atoms with Crippen molar-refractivity contribution in [2.75, 3.05) is 39.9 Å². The molecule has 9 nitrogen and oxygen atoms in total. The molecule has 0 radical (unpaired) electrons. The van der Waals surface area contributed by atoms with Crippen molar-refractivity contribution in [2.24, 2.45) is 0 Å². The van der Waals surface area contributed by atoms with E-state index in [1.165, 1.54) is 7.11 Å². The van der Waals surface area contributed by atoms with Crippen molar-refractivity contribution >= 4 is 11.9 Å². The molecule has 29 heavy (non-hydrogen) atoms. The lowest BCUT2D eigenvalue weighted by atomic mass is 10.1. The number of esters is 1. The van der Waals surface area contributed by atoms with Crippen LogP contribution in [0.1, 0.15) is 29.1 Å². The summed E-state index contributed by atoms with van der Waals surface area (Å²) in [6.07, 6.45) is 1.52. The third-order valence-electron chi connectivity index (χ3n) is 5.28. The summed E-state index contributed by atoms with van der Waals surface area (Å²) in [7, 11) is 1.35. The van der Waals surface area contributed by atoms with E-state index < -0.39 is 0 Å². The van der Waals surface area contributed by atoms with Gasteiger partial charge in [0, 0.05) is 38.3 Å². The number of piperazine rings is 1. The minimum absolute atomic E-state index is 0.109. The first kappa shape index (κ1) is 19.5. The van der Waals surface area contributed by atoms with Gasteiger partial charge in [-0.1, -0.05) is 17.3 Å². The van der Waals surface area contributed by atoms with Crippen LogP contribution in [-0.4, -0.2) is 77.8 Å². The normalized spacial score (nSPS) is 20.0. The lowest BCUT2D eigenvalue weighted by molar-refractivity contribution is -0.142. The average molecular weight is 400 g/mol. The standard InChI is InChI=1S/C20H24N4O5/c1-27-20(26)15-6-4-14(5-7-15)18-21-17(29-22-18)13-23-8-10-24(11-9-23)19(25)16-3-2-12-28-16/h4-7,16H,2-3,8-13H2,1H3/t16-/m0/s1. The smallest absolute Gasteiger partial charge is 0.337 e. The van der Waals surface area contributed by atoms with Crippen LogP contribution in [0, 0.1) is 0 Å². The first-order chi connectivity index (χ1) is 14.1. The molecule has 2 aliphatic rings. The van der Waals surface area contributed by atoms with Gasteiger partial charge in [-0.3, -0.25) is 9.69 Å². The highest BCUT2D eigenvalue weighted by Crippen LogP contribution is 2.19. The van der Waals surface area contributed by atoms with Gasteiger partial charge in [-0.25, -0.2) is 4.79 Å². The van der Waals surface area contributed by atoms with Gasteiger partial charge in [-0.15, -0.1) is 0 Å². The fraction of sp³-hybridized carbons (Fsp3) is 0.500. The van der Waals surface area contributed by atoms with Crippen LogP contribution in [-0.2, 0) is 20.8 Å². The Bertz CT molecular complexity index is 852. The monoisotopic (exact) mass is 400 g/mol. The summed E-state index contributed by atoms with van der Waals surface area (Å²) in [5.74, 6) is 0.722. The lowest BCUT2D eigenvalue weighted by Crippen LogP contribution is -2.51. The first-order valence-corrected chi connectivity index (χ1v) is 9.78. The zero-order valence-corrected chi connectivity index (χ0v) is 16.4. The fourth-order valence-electron chi connectivity index (χ4n) is 3.60. The van der Waals surface area contributed by atoms with Crippen molar-refractivity contribution < 1.29 is 23.6 Å². The van der Waals surface area contributed by atoms with E-state index in [2.05, 4.69) is 15.0 Å². The molecule has 2 saturated heterocycles.